The minimum absolute atomic E-state index is 0.0496. The molecule has 3 rings (SSSR count). The van der Waals surface area contributed by atoms with E-state index in [0.717, 1.165) is 24.2 Å². The molecule has 2 nitrogen and oxygen atoms in total. The fraction of sp³-hybridized carbons (Fsp3) is 0.333. The van der Waals surface area contributed by atoms with Gasteiger partial charge in [0, 0.05) is 18.0 Å². The Kier molecular flexibility index (Phi) is 3.49. The first-order valence-corrected chi connectivity index (χ1v) is 7.29. The molecule has 2 aromatic rings. The van der Waals surface area contributed by atoms with Crippen LogP contribution in [0.25, 0.3) is 0 Å². The molecule has 0 saturated heterocycles. The number of benzene rings is 2. The summed E-state index contributed by atoms with van der Waals surface area (Å²) in [4.78, 5) is 0. The maximum absolute atomic E-state index is 6.35. The number of nitrogens with two attached hydrogens (primary N) is 1. The molecule has 0 fully saturated rings. The quantitative estimate of drug-likeness (QED) is 0.889. The molecule has 2 heteroatoms. The third-order valence-corrected chi connectivity index (χ3v) is 4.08. The van der Waals surface area contributed by atoms with E-state index in [1.807, 2.05) is 6.07 Å². The van der Waals surface area contributed by atoms with Crippen molar-refractivity contribution in [3.63, 3.8) is 0 Å². The molecule has 2 N–H and O–H groups in total. The van der Waals surface area contributed by atoms with Gasteiger partial charge in [-0.2, -0.15) is 0 Å². The number of fused-ring (bicyclic) bond motifs is 1. The first-order valence-electron chi connectivity index (χ1n) is 7.29. The van der Waals surface area contributed by atoms with Crippen LogP contribution in [0.2, 0.25) is 0 Å². The average Bonchev–Trinajstić information content (AvgIpc) is 2.47. The fourth-order valence-corrected chi connectivity index (χ4v) is 2.98. The number of hydrogen-bond donors (Lipinski definition) is 1. The molecular formula is C18H21NO. The molecular weight excluding hydrogens is 246 g/mol. The molecule has 0 spiro atoms. The van der Waals surface area contributed by atoms with E-state index < -0.39 is 0 Å². The van der Waals surface area contributed by atoms with E-state index in [0.29, 0.717) is 0 Å². The van der Waals surface area contributed by atoms with Crippen molar-refractivity contribution in [1.29, 1.82) is 0 Å². The summed E-state index contributed by atoms with van der Waals surface area (Å²) >= 11 is 0. The highest BCUT2D eigenvalue weighted by atomic mass is 16.5. The van der Waals surface area contributed by atoms with Gasteiger partial charge in [0.05, 0.1) is 0 Å². The highest BCUT2D eigenvalue weighted by Crippen LogP contribution is 2.40. The monoisotopic (exact) mass is 267 g/mol. The summed E-state index contributed by atoms with van der Waals surface area (Å²) in [5, 5.41) is 0. The van der Waals surface area contributed by atoms with Crippen LogP contribution < -0.4 is 10.5 Å². The zero-order valence-electron chi connectivity index (χ0n) is 12.1. The van der Waals surface area contributed by atoms with Gasteiger partial charge in [-0.3, -0.25) is 0 Å². The highest BCUT2D eigenvalue weighted by molar-refractivity contribution is 5.42. The molecule has 1 unspecified atom stereocenters. The fourth-order valence-electron chi connectivity index (χ4n) is 2.98. The lowest BCUT2D eigenvalue weighted by Crippen LogP contribution is -2.24. The third-order valence-electron chi connectivity index (χ3n) is 4.08. The van der Waals surface area contributed by atoms with Crippen molar-refractivity contribution in [2.45, 2.75) is 38.8 Å². The summed E-state index contributed by atoms with van der Waals surface area (Å²) in [7, 11) is 0. The normalized spacial score (nSPS) is 21.1. The molecule has 0 amide bonds. The van der Waals surface area contributed by atoms with Crippen LogP contribution in [0.3, 0.4) is 0 Å². The molecule has 1 aliphatic heterocycles. The SMILES string of the molecule is CCc1ccccc1C1C[C@@H](N)c2cc(C)ccc2O1. The van der Waals surface area contributed by atoms with Crippen molar-refractivity contribution >= 4 is 0 Å². The minimum Gasteiger partial charge on any atom is -0.485 e. The van der Waals surface area contributed by atoms with Gasteiger partial charge in [-0.15, -0.1) is 0 Å². The van der Waals surface area contributed by atoms with Crippen molar-refractivity contribution in [2.75, 3.05) is 0 Å². The van der Waals surface area contributed by atoms with Crippen molar-refractivity contribution in [2.24, 2.45) is 5.73 Å². The molecule has 2 atom stereocenters. The Balaban J connectivity index is 1.97. The molecule has 1 heterocycles. The van der Waals surface area contributed by atoms with Crippen LogP contribution >= 0.6 is 0 Å². The van der Waals surface area contributed by atoms with E-state index in [2.05, 4.69) is 50.2 Å². The highest BCUT2D eigenvalue weighted by Gasteiger charge is 2.28. The predicted octanol–water partition coefficient (Wildman–Crippen LogP) is 4.08. The predicted molar refractivity (Wildman–Crippen MR) is 81.9 cm³/mol. The van der Waals surface area contributed by atoms with Crippen LogP contribution in [-0.4, -0.2) is 0 Å². The molecule has 0 aromatic heterocycles. The molecule has 104 valence electrons. The van der Waals surface area contributed by atoms with E-state index in [1.54, 1.807) is 0 Å². The molecule has 1 aliphatic rings. The van der Waals surface area contributed by atoms with Crippen LogP contribution in [0.1, 0.15) is 47.7 Å². The second kappa shape index (κ2) is 5.29. The summed E-state index contributed by atoms with van der Waals surface area (Å²) in [6, 6.07) is 14.8. The van der Waals surface area contributed by atoms with Gasteiger partial charge in [0.1, 0.15) is 11.9 Å². The van der Waals surface area contributed by atoms with Gasteiger partial charge in [0.25, 0.3) is 0 Å². The van der Waals surface area contributed by atoms with Gasteiger partial charge >= 0.3 is 0 Å². The van der Waals surface area contributed by atoms with Gasteiger partial charge in [0.2, 0.25) is 0 Å². The van der Waals surface area contributed by atoms with Crippen LogP contribution in [0, 0.1) is 6.92 Å². The molecule has 0 bridgehead atoms. The summed E-state index contributed by atoms with van der Waals surface area (Å²) in [6.45, 7) is 4.27. The Morgan fingerprint density at radius 2 is 1.95 bits per heavy atom. The summed E-state index contributed by atoms with van der Waals surface area (Å²) in [5.74, 6) is 0.935. The van der Waals surface area contributed by atoms with Gasteiger partial charge in [-0.25, -0.2) is 0 Å². The van der Waals surface area contributed by atoms with Crippen molar-refractivity contribution in [3.8, 4) is 5.75 Å². The van der Waals surface area contributed by atoms with E-state index >= 15 is 0 Å². The van der Waals surface area contributed by atoms with Gasteiger partial charge in [-0.1, -0.05) is 48.9 Å². The first-order chi connectivity index (χ1) is 9.69. The standard InChI is InChI=1S/C18H21NO/c1-3-13-6-4-5-7-14(13)18-11-16(19)15-10-12(2)8-9-17(15)20-18/h4-10,16,18H,3,11,19H2,1-2H3/t16-,18?/m1/s1. The number of aryl methyl sites for hydroxylation is 2. The van der Waals surface area contributed by atoms with Crippen LogP contribution in [0.15, 0.2) is 42.5 Å². The average molecular weight is 267 g/mol. The lowest BCUT2D eigenvalue weighted by atomic mass is 9.90. The Bertz CT molecular complexity index is 621. The van der Waals surface area contributed by atoms with E-state index in [4.69, 9.17) is 10.5 Å². The zero-order valence-corrected chi connectivity index (χ0v) is 12.1. The third kappa shape index (κ3) is 2.32. The van der Waals surface area contributed by atoms with Crippen molar-refractivity contribution in [3.05, 3.63) is 64.7 Å². The molecule has 0 aliphatic carbocycles. The summed E-state index contributed by atoms with van der Waals surface area (Å²) in [6.07, 6.45) is 1.93. The smallest absolute Gasteiger partial charge is 0.126 e. The minimum atomic E-state index is 0.0496. The van der Waals surface area contributed by atoms with Gasteiger partial charge in [0.15, 0.2) is 0 Å². The molecule has 2 aromatic carbocycles. The Morgan fingerprint density at radius 1 is 1.15 bits per heavy atom. The molecule has 0 saturated carbocycles. The molecule has 20 heavy (non-hydrogen) atoms. The van der Waals surface area contributed by atoms with Crippen LogP contribution in [0.4, 0.5) is 0 Å². The summed E-state index contributed by atoms with van der Waals surface area (Å²) in [5.41, 5.74) is 11.3. The summed E-state index contributed by atoms with van der Waals surface area (Å²) < 4.78 is 6.21. The van der Waals surface area contributed by atoms with Crippen molar-refractivity contribution < 1.29 is 4.74 Å². The largest absolute Gasteiger partial charge is 0.485 e. The topological polar surface area (TPSA) is 35.2 Å². The van der Waals surface area contributed by atoms with E-state index in [1.165, 1.54) is 16.7 Å². The molecule has 0 radical (unpaired) electrons. The Hall–Kier alpha value is -1.80. The zero-order chi connectivity index (χ0) is 14.1. The van der Waals surface area contributed by atoms with Crippen molar-refractivity contribution in [1.82, 2.24) is 0 Å². The Labute approximate surface area is 120 Å². The maximum Gasteiger partial charge on any atom is 0.126 e. The van der Waals surface area contributed by atoms with Gasteiger partial charge in [-0.05, 0) is 30.5 Å². The lowest BCUT2D eigenvalue weighted by molar-refractivity contribution is 0.160. The van der Waals surface area contributed by atoms with E-state index in [9.17, 15) is 0 Å². The second-order valence-corrected chi connectivity index (χ2v) is 5.54. The number of rotatable bonds is 2. The Morgan fingerprint density at radius 3 is 2.75 bits per heavy atom. The first kappa shape index (κ1) is 13.2. The van der Waals surface area contributed by atoms with Crippen LogP contribution in [0.5, 0.6) is 5.75 Å². The van der Waals surface area contributed by atoms with Crippen LogP contribution in [-0.2, 0) is 6.42 Å². The maximum atomic E-state index is 6.35. The number of hydrogen-bond acceptors (Lipinski definition) is 2. The number of ether oxygens (including phenoxy) is 1. The van der Waals surface area contributed by atoms with E-state index in [-0.39, 0.29) is 12.1 Å². The second-order valence-electron chi connectivity index (χ2n) is 5.54. The van der Waals surface area contributed by atoms with Gasteiger partial charge < -0.3 is 10.5 Å². The lowest BCUT2D eigenvalue weighted by Gasteiger charge is -2.31.